The molecule has 1 aromatic heterocycles. The molecule has 4 rings (SSSR count). The SMILES string of the molecule is CC(Br)C(=O)N1CCN(c2ncc(-c3ccc(N4CC(CCC(N)=O)OC4=O)cc3F)cn2)CC1. The molecule has 0 bridgehead atoms. The second-order valence-corrected chi connectivity index (χ2v) is 9.86. The van der Waals surface area contributed by atoms with Gasteiger partial charge in [-0.2, -0.15) is 0 Å². The van der Waals surface area contributed by atoms with E-state index in [-0.39, 0.29) is 23.7 Å². The number of rotatable bonds is 7. The summed E-state index contributed by atoms with van der Waals surface area (Å²) in [6.07, 6.45) is 2.49. The number of hydrogen-bond acceptors (Lipinski definition) is 7. The summed E-state index contributed by atoms with van der Waals surface area (Å²) < 4.78 is 20.2. The second-order valence-electron chi connectivity index (χ2n) is 8.49. The fraction of sp³-hybridized carbons (Fsp3) is 0.435. The average Bonchev–Trinajstić information content (AvgIpc) is 3.23. The van der Waals surface area contributed by atoms with Crippen LogP contribution in [0.15, 0.2) is 30.6 Å². The number of hydrogen-bond donors (Lipinski definition) is 1. The van der Waals surface area contributed by atoms with Crippen LogP contribution in [0.3, 0.4) is 0 Å². The third-order valence-corrected chi connectivity index (χ3v) is 6.41. The molecule has 35 heavy (non-hydrogen) atoms. The minimum absolute atomic E-state index is 0.0585. The van der Waals surface area contributed by atoms with E-state index in [1.54, 1.807) is 29.4 Å². The Morgan fingerprint density at radius 1 is 1.23 bits per heavy atom. The van der Waals surface area contributed by atoms with E-state index in [2.05, 4.69) is 25.9 Å². The number of alkyl halides is 1. The highest BCUT2D eigenvalue weighted by Gasteiger charge is 2.33. The van der Waals surface area contributed by atoms with E-state index in [9.17, 15) is 18.8 Å². The zero-order valence-corrected chi connectivity index (χ0v) is 20.8. The van der Waals surface area contributed by atoms with Gasteiger partial charge < -0.3 is 20.3 Å². The van der Waals surface area contributed by atoms with Crippen molar-refractivity contribution in [3.05, 3.63) is 36.4 Å². The molecule has 2 aliphatic rings. The molecule has 2 aromatic rings. The van der Waals surface area contributed by atoms with Crippen LogP contribution in [-0.4, -0.2) is 76.4 Å². The number of carbonyl (C=O) groups is 3. The lowest BCUT2D eigenvalue weighted by Crippen LogP contribution is -2.50. The van der Waals surface area contributed by atoms with E-state index in [0.717, 1.165) is 0 Å². The summed E-state index contributed by atoms with van der Waals surface area (Å²) in [6, 6.07) is 4.46. The molecular weight excluding hydrogens is 523 g/mol. The number of halogens is 2. The highest BCUT2D eigenvalue weighted by atomic mass is 79.9. The predicted molar refractivity (Wildman–Crippen MR) is 131 cm³/mol. The molecule has 12 heteroatoms. The number of nitrogens with two attached hydrogens (primary N) is 1. The van der Waals surface area contributed by atoms with Crippen molar-refractivity contribution in [1.82, 2.24) is 14.9 Å². The first-order chi connectivity index (χ1) is 16.7. The van der Waals surface area contributed by atoms with Crippen LogP contribution in [0.5, 0.6) is 0 Å². The van der Waals surface area contributed by atoms with Crippen LogP contribution in [-0.2, 0) is 14.3 Å². The average molecular weight is 549 g/mol. The molecule has 3 amide bonds. The molecule has 0 radical (unpaired) electrons. The Morgan fingerprint density at radius 2 is 1.91 bits per heavy atom. The number of piperazine rings is 1. The van der Waals surface area contributed by atoms with E-state index >= 15 is 0 Å². The monoisotopic (exact) mass is 548 g/mol. The fourth-order valence-electron chi connectivity index (χ4n) is 4.09. The minimum Gasteiger partial charge on any atom is -0.444 e. The van der Waals surface area contributed by atoms with Gasteiger partial charge in [0.1, 0.15) is 11.9 Å². The highest BCUT2D eigenvalue weighted by Crippen LogP contribution is 2.29. The predicted octanol–water partition coefficient (Wildman–Crippen LogP) is 2.31. The molecule has 0 spiro atoms. The van der Waals surface area contributed by atoms with Crippen molar-refractivity contribution in [2.24, 2.45) is 5.73 Å². The van der Waals surface area contributed by atoms with Gasteiger partial charge in [0.2, 0.25) is 17.8 Å². The maximum absolute atomic E-state index is 15.0. The van der Waals surface area contributed by atoms with Crippen LogP contribution in [0, 0.1) is 5.82 Å². The van der Waals surface area contributed by atoms with Crippen molar-refractivity contribution in [1.29, 1.82) is 0 Å². The molecule has 3 heterocycles. The molecule has 0 aliphatic carbocycles. The third-order valence-electron chi connectivity index (χ3n) is 6.01. The summed E-state index contributed by atoms with van der Waals surface area (Å²) in [5.74, 6) is -0.414. The van der Waals surface area contributed by atoms with E-state index in [1.807, 2.05) is 11.8 Å². The van der Waals surface area contributed by atoms with Crippen LogP contribution < -0.4 is 15.5 Å². The number of benzene rings is 1. The highest BCUT2D eigenvalue weighted by molar-refractivity contribution is 9.10. The van der Waals surface area contributed by atoms with Gasteiger partial charge in [-0.3, -0.25) is 14.5 Å². The topological polar surface area (TPSA) is 122 Å². The number of aromatic nitrogens is 2. The standard InChI is InChI=1S/C23H26BrFN6O4/c1-14(24)21(33)29-6-8-30(9-7-29)22-27-11-15(12-28-22)18-4-2-16(10-19(18)25)31-13-17(35-23(31)34)3-5-20(26)32/h2,4,10-12,14,17H,3,5-9,13H2,1H3,(H2,26,32). The molecular formula is C23H26BrFN6O4. The third kappa shape index (κ3) is 5.69. The van der Waals surface area contributed by atoms with Crippen LogP contribution in [0.4, 0.5) is 20.8 Å². The maximum atomic E-state index is 15.0. The van der Waals surface area contributed by atoms with Crippen LogP contribution in [0.1, 0.15) is 19.8 Å². The van der Waals surface area contributed by atoms with Crippen molar-refractivity contribution in [3.63, 3.8) is 0 Å². The molecule has 2 atom stereocenters. The molecule has 2 saturated heterocycles. The first-order valence-electron chi connectivity index (χ1n) is 11.3. The summed E-state index contributed by atoms with van der Waals surface area (Å²) in [7, 11) is 0. The van der Waals surface area contributed by atoms with Crippen molar-refractivity contribution >= 4 is 45.5 Å². The molecule has 186 valence electrons. The van der Waals surface area contributed by atoms with Gasteiger partial charge in [-0.25, -0.2) is 19.2 Å². The Morgan fingerprint density at radius 3 is 2.51 bits per heavy atom. The van der Waals surface area contributed by atoms with Crippen LogP contribution >= 0.6 is 15.9 Å². The summed E-state index contributed by atoms with van der Waals surface area (Å²) in [5, 5.41) is 0. The number of cyclic esters (lactones) is 1. The zero-order valence-electron chi connectivity index (χ0n) is 19.2. The number of carbonyl (C=O) groups excluding carboxylic acids is 3. The summed E-state index contributed by atoms with van der Waals surface area (Å²) in [6.45, 7) is 4.41. The molecule has 2 unspecified atom stereocenters. The number of primary amides is 1. The lowest BCUT2D eigenvalue weighted by molar-refractivity contribution is -0.130. The number of amides is 3. The van der Waals surface area contributed by atoms with Crippen molar-refractivity contribution < 1.29 is 23.5 Å². The van der Waals surface area contributed by atoms with Gasteiger partial charge in [-0.1, -0.05) is 15.9 Å². The van der Waals surface area contributed by atoms with Gasteiger partial charge in [-0.15, -0.1) is 0 Å². The Hall–Kier alpha value is -3.28. The normalized spacial score (nSPS) is 19.0. The second kappa shape index (κ2) is 10.5. The van der Waals surface area contributed by atoms with E-state index in [0.29, 0.717) is 55.4 Å². The molecule has 1 aromatic carbocycles. The fourth-order valence-corrected chi connectivity index (χ4v) is 4.38. The number of anilines is 2. The Kier molecular flexibility index (Phi) is 7.48. The molecule has 2 N–H and O–H groups in total. The lowest BCUT2D eigenvalue weighted by atomic mass is 10.1. The van der Waals surface area contributed by atoms with E-state index < -0.39 is 23.9 Å². The van der Waals surface area contributed by atoms with Crippen molar-refractivity contribution in [2.45, 2.75) is 30.7 Å². The van der Waals surface area contributed by atoms with Gasteiger partial charge >= 0.3 is 6.09 Å². The Labute approximate surface area is 210 Å². The Balaban J connectivity index is 1.40. The van der Waals surface area contributed by atoms with Gasteiger partial charge in [0.25, 0.3) is 0 Å². The zero-order chi connectivity index (χ0) is 25.1. The van der Waals surface area contributed by atoms with Gasteiger partial charge in [0.15, 0.2) is 0 Å². The van der Waals surface area contributed by atoms with Gasteiger partial charge in [0, 0.05) is 56.1 Å². The van der Waals surface area contributed by atoms with E-state index in [1.165, 1.54) is 11.0 Å². The number of nitrogens with zero attached hydrogens (tertiary/aromatic N) is 5. The quantitative estimate of drug-likeness (QED) is 0.526. The molecule has 2 aliphatic heterocycles. The lowest BCUT2D eigenvalue weighted by Gasteiger charge is -2.35. The largest absolute Gasteiger partial charge is 0.444 e. The van der Waals surface area contributed by atoms with Gasteiger partial charge in [0.05, 0.1) is 17.1 Å². The number of ether oxygens (including phenoxy) is 1. The summed E-state index contributed by atoms with van der Waals surface area (Å²) >= 11 is 3.31. The van der Waals surface area contributed by atoms with Crippen molar-refractivity contribution in [2.75, 3.05) is 42.5 Å². The summed E-state index contributed by atoms with van der Waals surface area (Å²) in [5.41, 5.74) is 6.32. The molecule has 10 nitrogen and oxygen atoms in total. The molecule has 0 saturated carbocycles. The Bertz CT molecular complexity index is 1110. The van der Waals surface area contributed by atoms with Gasteiger partial charge in [-0.05, 0) is 31.5 Å². The first-order valence-corrected chi connectivity index (χ1v) is 12.2. The van der Waals surface area contributed by atoms with E-state index in [4.69, 9.17) is 10.5 Å². The summed E-state index contributed by atoms with van der Waals surface area (Å²) in [4.78, 5) is 49.0. The van der Waals surface area contributed by atoms with Crippen LogP contribution in [0.25, 0.3) is 11.1 Å². The molecule has 2 fully saturated rings. The maximum Gasteiger partial charge on any atom is 0.414 e. The van der Waals surface area contributed by atoms with Crippen molar-refractivity contribution in [3.8, 4) is 11.1 Å². The first kappa shape index (κ1) is 24.8. The van der Waals surface area contributed by atoms with Crippen LogP contribution in [0.2, 0.25) is 0 Å². The smallest absolute Gasteiger partial charge is 0.414 e. The minimum atomic E-state index is -0.591.